The van der Waals surface area contributed by atoms with Crippen molar-refractivity contribution in [1.29, 1.82) is 5.26 Å². The molecular formula is C15H11N3O. The molecule has 1 heterocycles. The molecule has 0 bridgehead atoms. The molecule has 0 saturated carbocycles. The van der Waals surface area contributed by atoms with Gasteiger partial charge in [0.1, 0.15) is 5.75 Å². The fraction of sp³-hybridized carbons (Fsp3) is 0.0667. The predicted octanol–water partition coefficient (Wildman–Crippen LogP) is 3.04. The Morgan fingerprint density at radius 3 is 2.63 bits per heavy atom. The van der Waals surface area contributed by atoms with Gasteiger partial charge in [-0.2, -0.15) is 5.26 Å². The summed E-state index contributed by atoms with van der Waals surface area (Å²) in [5.41, 5.74) is 2.40. The number of nitrogens with zero attached hydrogens (tertiary/aromatic N) is 3. The summed E-state index contributed by atoms with van der Waals surface area (Å²) >= 11 is 0. The summed E-state index contributed by atoms with van der Waals surface area (Å²) in [6, 6.07) is 15.1. The number of fused-ring (bicyclic) bond motifs is 1. The number of nitriles is 1. The molecule has 0 radical (unpaired) electrons. The Labute approximate surface area is 110 Å². The van der Waals surface area contributed by atoms with E-state index >= 15 is 0 Å². The topological polar surface area (TPSA) is 50.8 Å². The Morgan fingerprint density at radius 2 is 1.84 bits per heavy atom. The third kappa shape index (κ3) is 1.72. The minimum atomic E-state index is 0.598. The smallest absolute Gasteiger partial charge is 0.190 e. The number of imidazole rings is 1. The monoisotopic (exact) mass is 249 g/mol. The first-order valence-electron chi connectivity index (χ1n) is 5.86. The van der Waals surface area contributed by atoms with Crippen LogP contribution in [0.5, 0.6) is 5.75 Å². The number of aromatic nitrogens is 2. The molecule has 0 N–H and O–H groups in total. The summed E-state index contributed by atoms with van der Waals surface area (Å²) in [6.07, 6.45) is 2.17. The molecule has 2 aromatic carbocycles. The van der Waals surface area contributed by atoms with Crippen molar-refractivity contribution in [3.63, 3.8) is 0 Å². The summed E-state index contributed by atoms with van der Waals surface area (Å²) in [7, 11) is 1.61. The predicted molar refractivity (Wildman–Crippen MR) is 72.7 cm³/mol. The zero-order valence-electron chi connectivity index (χ0n) is 10.4. The van der Waals surface area contributed by atoms with E-state index in [9.17, 15) is 5.26 Å². The van der Waals surface area contributed by atoms with E-state index in [1.54, 1.807) is 7.11 Å². The first-order chi connectivity index (χ1) is 9.35. The first-order valence-corrected chi connectivity index (χ1v) is 5.86. The fourth-order valence-corrected chi connectivity index (χ4v) is 2.14. The molecule has 0 aliphatic carbocycles. The van der Waals surface area contributed by atoms with E-state index in [0.29, 0.717) is 11.6 Å². The van der Waals surface area contributed by atoms with Crippen LogP contribution in [0.4, 0.5) is 0 Å². The SMILES string of the molecule is COc1ccccc1-c1nc2ccccc2n1C#N. The van der Waals surface area contributed by atoms with E-state index in [1.165, 1.54) is 4.57 Å². The average Bonchev–Trinajstić information content (AvgIpc) is 2.85. The maximum atomic E-state index is 9.36. The van der Waals surface area contributed by atoms with Crippen molar-refractivity contribution >= 4 is 11.0 Å². The van der Waals surface area contributed by atoms with Gasteiger partial charge in [-0.25, -0.2) is 9.55 Å². The lowest BCUT2D eigenvalue weighted by Gasteiger charge is -2.06. The zero-order valence-corrected chi connectivity index (χ0v) is 10.4. The van der Waals surface area contributed by atoms with E-state index in [0.717, 1.165) is 16.6 Å². The minimum absolute atomic E-state index is 0.598. The molecule has 0 amide bonds. The van der Waals surface area contributed by atoms with Gasteiger partial charge in [-0.3, -0.25) is 0 Å². The van der Waals surface area contributed by atoms with E-state index in [4.69, 9.17) is 4.74 Å². The van der Waals surface area contributed by atoms with Crippen molar-refractivity contribution in [3.05, 3.63) is 48.5 Å². The van der Waals surface area contributed by atoms with Crippen LogP contribution in [0.2, 0.25) is 0 Å². The molecule has 0 aliphatic rings. The quantitative estimate of drug-likeness (QED) is 0.701. The van der Waals surface area contributed by atoms with Crippen molar-refractivity contribution in [2.45, 2.75) is 0 Å². The maximum Gasteiger partial charge on any atom is 0.190 e. The summed E-state index contributed by atoms with van der Waals surface area (Å²) in [4.78, 5) is 4.52. The largest absolute Gasteiger partial charge is 0.496 e. The standard InChI is InChI=1S/C15H11N3O/c1-19-14-9-5-2-6-11(14)15-17-12-7-3-4-8-13(12)18(15)10-16/h2-9H,1H3. The summed E-state index contributed by atoms with van der Waals surface area (Å²) in [5, 5.41) is 9.36. The highest BCUT2D eigenvalue weighted by Gasteiger charge is 2.15. The molecule has 3 aromatic rings. The van der Waals surface area contributed by atoms with Crippen molar-refractivity contribution in [3.8, 4) is 23.3 Å². The van der Waals surface area contributed by atoms with Crippen LogP contribution >= 0.6 is 0 Å². The number of hydrogen-bond acceptors (Lipinski definition) is 3. The highest BCUT2D eigenvalue weighted by molar-refractivity contribution is 5.83. The fourth-order valence-electron chi connectivity index (χ4n) is 2.14. The molecule has 1 aromatic heterocycles. The van der Waals surface area contributed by atoms with Crippen molar-refractivity contribution < 1.29 is 4.74 Å². The second-order valence-corrected chi connectivity index (χ2v) is 4.06. The number of ether oxygens (including phenoxy) is 1. The Morgan fingerprint density at radius 1 is 1.11 bits per heavy atom. The van der Waals surface area contributed by atoms with Crippen LogP contribution in [-0.2, 0) is 0 Å². The molecule has 0 aliphatic heterocycles. The normalized spacial score (nSPS) is 10.3. The molecule has 92 valence electrons. The van der Waals surface area contributed by atoms with Gasteiger partial charge in [-0.1, -0.05) is 24.3 Å². The van der Waals surface area contributed by atoms with Crippen LogP contribution in [0.1, 0.15) is 0 Å². The van der Waals surface area contributed by atoms with Crippen LogP contribution in [0.25, 0.3) is 22.4 Å². The Hall–Kier alpha value is -2.80. The molecule has 4 heteroatoms. The third-order valence-electron chi connectivity index (χ3n) is 3.01. The molecule has 0 unspecified atom stereocenters. The second-order valence-electron chi connectivity index (χ2n) is 4.06. The Balaban J connectivity index is 2.34. The van der Waals surface area contributed by atoms with Crippen molar-refractivity contribution in [1.82, 2.24) is 9.55 Å². The lowest BCUT2D eigenvalue weighted by molar-refractivity contribution is 0.416. The molecular weight excluding hydrogens is 238 g/mol. The van der Waals surface area contributed by atoms with E-state index in [-0.39, 0.29) is 0 Å². The molecule has 0 atom stereocenters. The number of methoxy groups -OCH3 is 1. The summed E-state index contributed by atoms with van der Waals surface area (Å²) in [5.74, 6) is 1.30. The zero-order chi connectivity index (χ0) is 13.2. The summed E-state index contributed by atoms with van der Waals surface area (Å²) < 4.78 is 6.85. The Bertz CT molecular complexity index is 783. The van der Waals surface area contributed by atoms with E-state index < -0.39 is 0 Å². The number of rotatable bonds is 2. The van der Waals surface area contributed by atoms with Crippen LogP contribution in [0, 0.1) is 11.5 Å². The summed E-state index contributed by atoms with van der Waals surface area (Å²) in [6.45, 7) is 0. The van der Waals surface area contributed by atoms with Gasteiger partial charge in [0.25, 0.3) is 0 Å². The number of benzene rings is 2. The van der Waals surface area contributed by atoms with Gasteiger partial charge in [0.15, 0.2) is 12.0 Å². The number of hydrogen-bond donors (Lipinski definition) is 0. The van der Waals surface area contributed by atoms with Crippen LogP contribution in [0.15, 0.2) is 48.5 Å². The van der Waals surface area contributed by atoms with Crippen molar-refractivity contribution in [2.75, 3.05) is 7.11 Å². The van der Waals surface area contributed by atoms with Gasteiger partial charge in [-0.05, 0) is 24.3 Å². The molecule has 4 nitrogen and oxygen atoms in total. The van der Waals surface area contributed by atoms with Gasteiger partial charge < -0.3 is 4.74 Å². The molecule has 3 rings (SSSR count). The third-order valence-corrected chi connectivity index (χ3v) is 3.01. The van der Waals surface area contributed by atoms with E-state index in [2.05, 4.69) is 11.2 Å². The molecule has 19 heavy (non-hydrogen) atoms. The van der Waals surface area contributed by atoms with Crippen LogP contribution in [0.3, 0.4) is 0 Å². The van der Waals surface area contributed by atoms with Gasteiger partial charge in [0.2, 0.25) is 0 Å². The lowest BCUT2D eigenvalue weighted by Crippen LogP contribution is -1.95. The highest BCUT2D eigenvalue weighted by Crippen LogP contribution is 2.30. The molecule has 0 spiro atoms. The van der Waals surface area contributed by atoms with Crippen LogP contribution < -0.4 is 4.74 Å². The molecule has 0 fully saturated rings. The second kappa shape index (κ2) is 4.46. The average molecular weight is 249 g/mol. The van der Waals surface area contributed by atoms with E-state index in [1.807, 2.05) is 48.5 Å². The van der Waals surface area contributed by atoms with Gasteiger partial charge in [-0.15, -0.1) is 0 Å². The number of para-hydroxylation sites is 3. The van der Waals surface area contributed by atoms with Gasteiger partial charge in [0, 0.05) is 0 Å². The highest BCUT2D eigenvalue weighted by atomic mass is 16.5. The van der Waals surface area contributed by atoms with Crippen LogP contribution in [-0.4, -0.2) is 16.7 Å². The van der Waals surface area contributed by atoms with Gasteiger partial charge >= 0.3 is 0 Å². The lowest BCUT2D eigenvalue weighted by atomic mass is 10.2. The van der Waals surface area contributed by atoms with Crippen molar-refractivity contribution in [2.24, 2.45) is 0 Å². The van der Waals surface area contributed by atoms with Gasteiger partial charge in [0.05, 0.1) is 23.7 Å². The Kier molecular flexibility index (Phi) is 2.66. The minimum Gasteiger partial charge on any atom is -0.496 e. The maximum absolute atomic E-state index is 9.36. The first kappa shape index (κ1) is 11.3. The molecule has 0 saturated heterocycles.